The van der Waals surface area contributed by atoms with Gasteiger partial charge in [-0.05, 0) is 19.3 Å². The van der Waals surface area contributed by atoms with E-state index in [2.05, 4.69) is 16.9 Å². The molecule has 1 aromatic rings. The molecule has 0 amide bonds. The Morgan fingerprint density at radius 1 is 1.16 bits per heavy atom. The molecule has 106 valence electrons. The third-order valence-corrected chi connectivity index (χ3v) is 3.43. The molecule has 0 spiro atoms. The standard InChI is InChI=1S/C14H23N3O2/c1-2-8-18-12-9-13(17-11-16-12)19-10-14(15)6-4-3-5-7-14/h9,11H,2-8,10,15H2,1H3. The smallest absolute Gasteiger partial charge is 0.220 e. The summed E-state index contributed by atoms with van der Waals surface area (Å²) in [7, 11) is 0. The van der Waals surface area contributed by atoms with Gasteiger partial charge in [-0.15, -0.1) is 0 Å². The van der Waals surface area contributed by atoms with Crippen molar-refractivity contribution in [2.75, 3.05) is 13.2 Å². The predicted molar refractivity (Wildman–Crippen MR) is 73.3 cm³/mol. The van der Waals surface area contributed by atoms with Crippen LogP contribution in [-0.4, -0.2) is 28.7 Å². The van der Waals surface area contributed by atoms with E-state index in [-0.39, 0.29) is 5.54 Å². The summed E-state index contributed by atoms with van der Waals surface area (Å²) in [6, 6.07) is 1.72. The summed E-state index contributed by atoms with van der Waals surface area (Å²) >= 11 is 0. The van der Waals surface area contributed by atoms with E-state index < -0.39 is 0 Å². The second kappa shape index (κ2) is 6.70. The molecular formula is C14H23N3O2. The zero-order chi connectivity index (χ0) is 13.6. The SMILES string of the molecule is CCCOc1cc(OCC2(N)CCCCC2)ncn1. The third-order valence-electron chi connectivity index (χ3n) is 3.43. The summed E-state index contributed by atoms with van der Waals surface area (Å²) in [5.74, 6) is 1.10. The molecule has 5 nitrogen and oxygen atoms in total. The molecule has 0 atom stereocenters. The minimum Gasteiger partial charge on any atom is -0.478 e. The van der Waals surface area contributed by atoms with Crippen LogP contribution in [-0.2, 0) is 0 Å². The molecule has 0 aromatic carbocycles. The van der Waals surface area contributed by atoms with E-state index >= 15 is 0 Å². The topological polar surface area (TPSA) is 70.3 Å². The summed E-state index contributed by atoms with van der Waals surface area (Å²) in [6.07, 6.45) is 8.12. The summed E-state index contributed by atoms with van der Waals surface area (Å²) in [5, 5.41) is 0. The van der Waals surface area contributed by atoms with Crippen molar-refractivity contribution >= 4 is 0 Å². The number of hydrogen-bond donors (Lipinski definition) is 1. The van der Waals surface area contributed by atoms with Crippen LogP contribution in [0.4, 0.5) is 0 Å². The average Bonchev–Trinajstić information content (AvgIpc) is 2.44. The van der Waals surface area contributed by atoms with Crippen molar-refractivity contribution in [3.05, 3.63) is 12.4 Å². The monoisotopic (exact) mass is 265 g/mol. The Balaban J connectivity index is 1.88. The van der Waals surface area contributed by atoms with Crippen molar-refractivity contribution in [3.8, 4) is 11.8 Å². The minimum absolute atomic E-state index is 0.201. The number of nitrogens with two attached hydrogens (primary N) is 1. The molecule has 0 bridgehead atoms. The third kappa shape index (κ3) is 4.35. The highest BCUT2D eigenvalue weighted by Crippen LogP contribution is 2.26. The van der Waals surface area contributed by atoms with Crippen LogP contribution in [0.5, 0.6) is 11.8 Å². The fourth-order valence-electron chi connectivity index (χ4n) is 2.31. The van der Waals surface area contributed by atoms with Gasteiger partial charge in [-0.2, -0.15) is 0 Å². The highest BCUT2D eigenvalue weighted by atomic mass is 16.5. The Morgan fingerprint density at radius 2 is 1.84 bits per heavy atom. The van der Waals surface area contributed by atoms with Crippen molar-refractivity contribution in [1.82, 2.24) is 9.97 Å². The Bertz CT molecular complexity index is 392. The zero-order valence-corrected chi connectivity index (χ0v) is 11.6. The van der Waals surface area contributed by atoms with Gasteiger partial charge in [0.05, 0.1) is 18.2 Å². The normalized spacial score (nSPS) is 18.0. The summed E-state index contributed by atoms with van der Waals surface area (Å²) < 4.78 is 11.2. The molecule has 0 unspecified atom stereocenters. The highest BCUT2D eigenvalue weighted by molar-refractivity contribution is 5.18. The van der Waals surface area contributed by atoms with Crippen LogP contribution in [0.25, 0.3) is 0 Å². The second-order valence-electron chi connectivity index (χ2n) is 5.25. The van der Waals surface area contributed by atoms with Crippen molar-refractivity contribution in [2.45, 2.75) is 51.0 Å². The Kier molecular flexibility index (Phi) is 4.96. The molecule has 0 radical (unpaired) electrons. The molecule has 0 saturated heterocycles. The van der Waals surface area contributed by atoms with E-state index in [9.17, 15) is 0 Å². The molecule has 5 heteroatoms. The number of aromatic nitrogens is 2. The van der Waals surface area contributed by atoms with Crippen molar-refractivity contribution < 1.29 is 9.47 Å². The Labute approximate surface area is 114 Å². The van der Waals surface area contributed by atoms with Crippen LogP contribution < -0.4 is 15.2 Å². The second-order valence-corrected chi connectivity index (χ2v) is 5.25. The maximum atomic E-state index is 6.33. The Hall–Kier alpha value is -1.36. The number of rotatable bonds is 6. The first-order valence-corrected chi connectivity index (χ1v) is 7.08. The van der Waals surface area contributed by atoms with Crippen LogP contribution in [0.15, 0.2) is 12.4 Å². The van der Waals surface area contributed by atoms with Crippen LogP contribution in [0.2, 0.25) is 0 Å². The van der Waals surface area contributed by atoms with Crippen LogP contribution in [0, 0.1) is 0 Å². The predicted octanol–water partition coefficient (Wildman–Crippen LogP) is 2.31. The van der Waals surface area contributed by atoms with E-state index in [1.807, 2.05) is 0 Å². The first kappa shape index (κ1) is 14.1. The summed E-state index contributed by atoms with van der Waals surface area (Å²) in [5.41, 5.74) is 6.12. The van der Waals surface area contributed by atoms with E-state index in [4.69, 9.17) is 15.2 Å². The van der Waals surface area contributed by atoms with Gasteiger partial charge in [0.1, 0.15) is 12.9 Å². The van der Waals surface area contributed by atoms with Crippen LogP contribution in [0.1, 0.15) is 45.4 Å². The van der Waals surface area contributed by atoms with Gasteiger partial charge < -0.3 is 15.2 Å². The molecule has 2 N–H and O–H groups in total. The lowest BCUT2D eigenvalue weighted by Crippen LogP contribution is -2.47. The van der Waals surface area contributed by atoms with E-state index in [0.29, 0.717) is 25.0 Å². The van der Waals surface area contributed by atoms with Gasteiger partial charge in [0, 0.05) is 0 Å². The Morgan fingerprint density at radius 3 is 2.53 bits per heavy atom. The maximum absolute atomic E-state index is 6.33. The van der Waals surface area contributed by atoms with Crippen LogP contribution >= 0.6 is 0 Å². The molecule has 0 aliphatic heterocycles. The number of nitrogens with zero attached hydrogens (tertiary/aromatic N) is 2. The molecule has 19 heavy (non-hydrogen) atoms. The molecule has 2 rings (SSSR count). The largest absolute Gasteiger partial charge is 0.478 e. The van der Waals surface area contributed by atoms with Crippen molar-refractivity contribution in [3.63, 3.8) is 0 Å². The van der Waals surface area contributed by atoms with E-state index in [0.717, 1.165) is 19.3 Å². The number of hydrogen-bond acceptors (Lipinski definition) is 5. The zero-order valence-electron chi connectivity index (χ0n) is 11.6. The van der Waals surface area contributed by atoms with Crippen molar-refractivity contribution in [1.29, 1.82) is 0 Å². The average molecular weight is 265 g/mol. The molecular weight excluding hydrogens is 242 g/mol. The first-order chi connectivity index (χ1) is 9.22. The quantitative estimate of drug-likeness (QED) is 0.854. The lowest BCUT2D eigenvalue weighted by atomic mass is 9.83. The first-order valence-electron chi connectivity index (χ1n) is 7.08. The van der Waals surface area contributed by atoms with Crippen molar-refractivity contribution in [2.24, 2.45) is 5.73 Å². The summed E-state index contributed by atoms with van der Waals surface area (Å²) in [6.45, 7) is 3.22. The maximum Gasteiger partial charge on any atom is 0.220 e. The fraction of sp³-hybridized carbons (Fsp3) is 0.714. The fourth-order valence-corrected chi connectivity index (χ4v) is 2.31. The molecule has 1 fully saturated rings. The van der Waals surface area contributed by atoms with E-state index in [1.165, 1.54) is 25.6 Å². The summed E-state index contributed by atoms with van der Waals surface area (Å²) in [4.78, 5) is 8.14. The molecule has 1 aliphatic rings. The molecule has 1 aromatic heterocycles. The lowest BCUT2D eigenvalue weighted by molar-refractivity contribution is 0.168. The van der Waals surface area contributed by atoms with Gasteiger partial charge >= 0.3 is 0 Å². The van der Waals surface area contributed by atoms with Gasteiger partial charge in [-0.3, -0.25) is 0 Å². The molecule has 1 saturated carbocycles. The highest BCUT2D eigenvalue weighted by Gasteiger charge is 2.28. The van der Waals surface area contributed by atoms with E-state index in [1.54, 1.807) is 6.07 Å². The van der Waals surface area contributed by atoms with Gasteiger partial charge in [0.25, 0.3) is 0 Å². The minimum atomic E-state index is -0.201. The van der Waals surface area contributed by atoms with Gasteiger partial charge in [-0.1, -0.05) is 26.2 Å². The number of ether oxygens (including phenoxy) is 2. The van der Waals surface area contributed by atoms with Crippen LogP contribution in [0.3, 0.4) is 0 Å². The van der Waals surface area contributed by atoms with Gasteiger partial charge in [-0.25, -0.2) is 9.97 Å². The molecule has 1 aliphatic carbocycles. The van der Waals surface area contributed by atoms with Gasteiger partial charge in [0.15, 0.2) is 0 Å². The lowest BCUT2D eigenvalue weighted by Gasteiger charge is -2.32. The molecule has 1 heterocycles. The van der Waals surface area contributed by atoms with Gasteiger partial charge in [0.2, 0.25) is 11.8 Å².